The molecule has 0 fully saturated rings. The molecule has 0 bridgehead atoms. The van der Waals surface area contributed by atoms with Crippen molar-refractivity contribution in [1.29, 1.82) is 0 Å². The first-order valence-corrected chi connectivity index (χ1v) is 15.9. The molecule has 6 rings (SSSR count). The summed E-state index contributed by atoms with van der Waals surface area (Å²) in [7, 11) is 0. The van der Waals surface area contributed by atoms with Gasteiger partial charge in [0.1, 0.15) is 5.82 Å². The fraction of sp³-hybridized carbons (Fsp3) is 0.158. The third-order valence-electron chi connectivity index (χ3n) is 7.59. The topological polar surface area (TPSA) is 217 Å². The smallest absolute Gasteiger partial charge is 0.328 e. The zero-order chi connectivity index (χ0) is 38.3. The van der Waals surface area contributed by atoms with Crippen LogP contribution in [0.4, 0.5) is 4.39 Å². The zero-order valence-corrected chi connectivity index (χ0v) is 28.0. The van der Waals surface area contributed by atoms with Gasteiger partial charge in [-0.1, -0.05) is 30.3 Å². The molecule has 2 aliphatic rings. The predicted molar refractivity (Wildman–Crippen MR) is 189 cm³/mol. The minimum Gasteiger partial charge on any atom is -0.478 e. The number of carbonyl (C=O) groups excluding carboxylic acids is 1. The number of aromatic nitrogens is 2. The first kappa shape index (κ1) is 38.9. The van der Waals surface area contributed by atoms with Crippen LogP contribution < -0.4 is 9.47 Å². The van der Waals surface area contributed by atoms with E-state index in [9.17, 15) is 28.4 Å². The van der Waals surface area contributed by atoms with Crippen molar-refractivity contribution in [2.45, 2.75) is 19.4 Å². The van der Waals surface area contributed by atoms with Crippen molar-refractivity contribution in [3.8, 4) is 11.5 Å². The molecule has 0 saturated heterocycles. The fourth-order valence-corrected chi connectivity index (χ4v) is 5.15. The van der Waals surface area contributed by atoms with Crippen LogP contribution in [0.2, 0.25) is 0 Å². The van der Waals surface area contributed by atoms with E-state index in [4.69, 9.17) is 29.9 Å². The summed E-state index contributed by atoms with van der Waals surface area (Å²) in [6, 6.07) is 18.7. The number of H-pyrrole nitrogens is 1. The lowest BCUT2D eigenvalue weighted by Gasteiger charge is -2.28. The summed E-state index contributed by atoms with van der Waals surface area (Å²) in [5, 5.41) is 39.4. The summed E-state index contributed by atoms with van der Waals surface area (Å²) < 4.78 is 24.7. The summed E-state index contributed by atoms with van der Waals surface area (Å²) in [5.41, 5.74) is 5.58. The Morgan fingerprint density at radius 2 is 1.42 bits per heavy atom. The summed E-state index contributed by atoms with van der Waals surface area (Å²) in [6.07, 6.45) is 9.01. The van der Waals surface area contributed by atoms with E-state index in [0.717, 1.165) is 36.0 Å². The molecule has 274 valence electrons. The number of ketones is 1. The van der Waals surface area contributed by atoms with Gasteiger partial charge in [-0.25, -0.2) is 23.6 Å². The molecule has 3 aromatic carbocycles. The molecule has 0 saturated carbocycles. The highest BCUT2D eigenvalue weighted by atomic mass is 19.1. The Bertz CT molecular complexity index is 2050. The maximum atomic E-state index is 13.7. The van der Waals surface area contributed by atoms with E-state index in [0.29, 0.717) is 60.0 Å². The lowest BCUT2D eigenvalue weighted by molar-refractivity contribution is -0.134. The molecule has 4 aromatic rings. The van der Waals surface area contributed by atoms with Gasteiger partial charge in [-0.2, -0.15) is 5.10 Å². The van der Waals surface area contributed by atoms with Crippen molar-refractivity contribution in [2.24, 2.45) is 0 Å². The number of carboxylic acids is 4. The van der Waals surface area contributed by atoms with Crippen LogP contribution in [0.5, 0.6) is 11.5 Å². The van der Waals surface area contributed by atoms with Crippen LogP contribution in [0.15, 0.2) is 97.1 Å². The second kappa shape index (κ2) is 18.9. The van der Waals surface area contributed by atoms with E-state index in [1.54, 1.807) is 18.2 Å². The van der Waals surface area contributed by atoms with Crippen LogP contribution in [0, 0.1) is 5.82 Å². The van der Waals surface area contributed by atoms with Gasteiger partial charge in [0.25, 0.3) is 0 Å². The highest BCUT2D eigenvalue weighted by Gasteiger charge is 2.17. The molecule has 14 nitrogen and oxygen atoms in total. The standard InChI is InChI=1S/C30H26FN3O3.2C4H4O4/c31-24-7-9-26-27(17-24)32-33-30(26)22(15-20-5-10-28-29(16-20)37-19-36-28)6-8-25(35)12-14-34-13-11-21-3-1-2-4-23(21)18-34;2*5-3(6)1-2-4(7)8/h1-10,15-17H,11-14,18-19H2,(H,32,33);2*1-2H,(H,5,6)(H,7,8). The summed E-state index contributed by atoms with van der Waals surface area (Å²) >= 11 is 0. The number of hydrogen-bond donors (Lipinski definition) is 5. The Morgan fingerprint density at radius 3 is 2.08 bits per heavy atom. The van der Waals surface area contributed by atoms with Gasteiger partial charge in [-0.3, -0.25) is 14.8 Å². The van der Waals surface area contributed by atoms with Gasteiger partial charge in [0, 0.05) is 61.3 Å². The fourth-order valence-electron chi connectivity index (χ4n) is 5.15. The monoisotopic (exact) mass is 727 g/mol. The largest absolute Gasteiger partial charge is 0.478 e. The van der Waals surface area contributed by atoms with Crippen LogP contribution in [-0.4, -0.2) is 85.1 Å². The molecule has 0 amide bonds. The zero-order valence-electron chi connectivity index (χ0n) is 28.0. The van der Waals surface area contributed by atoms with Crippen LogP contribution in [0.3, 0.4) is 0 Å². The third kappa shape index (κ3) is 12.4. The minimum atomic E-state index is -1.26. The van der Waals surface area contributed by atoms with Crippen molar-refractivity contribution in [3.63, 3.8) is 0 Å². The summed E-state index contributed by atoms with van der Waals surface area (Å²) in [5.74, 6) is -3.95. The number of rotatable bonds is 11. The summed E-state index contributed by atoms with van der Waals surface area (Å²) in [4.78, 5) is 53.4. The second-order valence-corrected chi connectivity index (χ2v) is 11.3. The number of carbonyl (C=O) groups is 5. The Kier molecular flexibility index (Phi) is 13.9. The van der Waals surface area contributed by atoms with E-state index >= 15 is 0 Å². The SMILES string of the molecule is O=C(C=CC(=Cc1ccc2c(c1)OCO2)c1n[nH]c2cc(F)ccc12)CCN1CCc2ccccc2C1.O=C(O)C=CC(=O)O.O=C(O)C=CC(=O)O. The van der Waals surface area contributed by atoms with Crippen molar-refractivity contribution in [3.05, 3.63) is 125 Å². The van der Waals surface area contributed by atoms with Crippen LogP contribution in [-0.2, 0) is 36.9 Å². The Hall–Kier alpha value is -6.87. The number of aliphatic carboxylic acids is 4. The number of nitrogens with zero attached hydrogens (tertiary/aromatic N) is 2. The van der Waals surface area contributed by atoms with Crippen molar-refractivity contribution in [1.82, 2.24) is 15.1 Å². The van der Waals surface area contributed by atoms with Crippen LogP contribution in [0.1, 0.15) is 28.8 Å². The molecule has 0 spiro atoms. The number of halogens is 1. The number of aromatic amines is 1. The molecule has 53 heavy (non-hydrogen) atoms. The van der Waals surface area contributed by atoms with Crippen LogP contribution in [0.25, 0.3) is 22.6 Å². The first-order valence-electron chi connectivity index (χ1n) is 15.9. The number of allylic oxidation sites excluding steroid dienone is 3. The van der Waals surface area contributed by atoms with Crippen molar-refractivity contribution < 1.29 is 58.3 Å². The summed E-state index contributed by atoms with van der Waals surface area (Å²) in [6.45, 7) is 2.74. The Labute approximate surface area is 301 Å². The van der Waals surface area contributed by atoms with Gasteiger partial charge in [0.2, 0.25) is 6.79 Å². The Balaban J connectivity index is 0.000000329. The number of carboxylic acid groups (broad SMARTS) is 4. The van der Waals surface area contributed by atoms with E-state index < -0.39 is 23.9 Å². The van der Waals surface area contributed by atoms with E-state index in [1.165, 1.54) is 23.3 Å². The molecule has 5 N–H and O–H groups in total. The van der Waals surface area contributed by atoms with Gasteiger partial charge >= 0.3 is 23.9 Å². The molecule has 0 unspecified atom stereocenters. The molecule has 3 heterocycles. The molecule has 1 aromatic heterocycles. The van der Waals surface area contributed by atoms with Gasteiger partial charge in [0.05, 0.1) is 11.2 Å². The molecule has 2 aliphatic heterocycles. The van der Waals surface area contributed by atoms with Crippen molar-refractivity contribution in [2.75, 3.05) is 19.9 Å². The maximum absolute atomic E-state index is 13.7. The normalized spacial score (nSPS) is 13.6. The van der Waals surface area contributed by atoms with Gasteiger partial charge in [-0.05, 0) is 71.7 Å². The molecule has 0 aliphatic carbocycles. The molecule has 0 radical (unpaired) electrons. The number of hydrogen-bond acceptors (Lipinski definition) is 9. The molecule has 0 atom stereocenters. The average molecular weight is 728 g/mol. The predicted octanol–water partition coefficient (Wildman–Crippen LogP) is 4.97. The second-order valence-electron chi connectivity index (χ2n) is 11.3. The maximum Gasteiger partial charge on any atom is 0.328 e. The van der Waals surface area contributed by atoms with Crippen LogP contribution >= 0.6 is 0 Å². The quantitative estimate of drug-likeness (QED) is 0.102. The van der Waals surface area contributed by atoms with Gasteiger partial charge in [0.15, 0.2) is 17.3 Å². The number of fused-ring (bicyclic) bond motifs is 3. The van der Waals surface area contributed by atoms with E-state index in [-0.39, 0.29) is 18.4 Å². The number of benzene rings is 3. The van der Waals surface area contributed by atoms with E-state index in [2.05, 4.69) is 39.4 Å². The van der Waals surface area contributed by atoms with Gasteiger partial charge in [-0.15, -0.1) is 0 Å². The van der Waals surface area contributed by atoms with Crippen molar-refractivity contribution >= 4 is 52.2 Å². The lowest BCUT2D eigenvalue weighted by atomic mass is 9.99. The number of nitrogens with one attached hydrogen (secondary N) is 1. The highest BCUT2D eigenvalue weighted by Crippen LogP contribution is 2.34. The average Bonchev–Trinajstić information content (AvgIpc) is 3.78. The molecular formula is C38H34FN3O11. The van der Waals surface area contributed by atoms with Gasteiger partial charge < -0.3 is 29.9 Å². The molecule has 15 heteroatoms. The molecular weight excluding hydrogens is 693 g/mol. The highest BCUT2D eigenvalue weighted by molar-refractivity contribution is 6.01. The number of ether oxygens (including phenoxy) is 2. The lowest BCUT2D eigenvalue weighted by Crippen LogP contribution is -2.32. The van der Waals surface area contributed by atoms with E-state index in [1.807, 2.05) is 24.3 Å². The first-order chi connectivity index (χ1) is 25.4. The third-order valence-corrected chi connectivity index (χ3v) is 7.59. The Morgan fingerprint density at radius 1 is 0.774 bits per heavy atom. The minimum absolute atomic E-state index is 0.0429.